The molecule has 3 unspecified atom stereocenters. The molecule has 1 saturated carbocycles. The maximum atomic E-state index is 12.9. The monoisotopic (exact) mass is 248 g/mol. The quantitative estimate of drug-likeness (QED) is 0.870. The summed E-state index contributed by atoms with van der Waals surface area (Å²) < 4.78 is 12.9. The van der Waals surface area contributed by atoms with Gasteiger partial charge in [0.15, 0.2) is 0 Å². The first-order valence-corrected chi connectivity index (χ1v) is 6.95. The van der Waals surface area contributed by atoms with Crippen molar-refractivity contribution in [2.75, 3.05) is 13.1 Å². The molecule has 2 nitrogen and oxygen atoms in total. The summed E-state index contributed by atoms with van der Waals surface area (Å²) in [5, 5.41) is 0. The van der Waals surface area contributed by atoms with Gasteiger partial charge in [-0.2, -0.15) is 0 Å². The van der Waals surface area contributed by atoms with Crippen molar-refractivity contribution in [3.05, 3.63) is 35.6 Å². The summed E-state index contributed by atoms with van der Waals surface area (Å²) in [6.07, 6.45) is 3.80. The lowest BCUT2D eigenvalue weighted by atomic mass is 9.78. The average molecular weight is 248 g/mol. The van der Waals surface area contributed by atoms with Crippen molar-refractivity contribution in [1.29, 1.82) is 0 Å². The first kappa shape index (κ1) is 12.1. The highest BCUT2D eigenvalue weighted by Crippen LogP contribution is 2.35. The van der Waals surface area contributed by atoms with E-state index in [2.05, 4.69) is 4.90 Å². The Bertz CT molecular complexity index is 403. The third-order valence-electron chi connectivity index (χ3n) is 4.55. The van der Waals surface area contributed by atoms with Crippen molar-refractivity contribution in [3.8, 4) is 0 Å². The van der Waals surface area contributed by atoms with Gasteiger partial charge in [0.25, 0.3) is 0 Å². The van der Waals surface area contributed by atoms with E-state index < -0.39 is 0 Å². The van der Waals surface area contributed by atoms with Gasteiger partial charge in [0.05, 0.1) is 0 Å². The Balaban J connectivity index is 1.63. The summed E-state index contributed by atoms with van der Waals surface area (Å²) in [5.41, 5.74) is 7.42. The fraction of sp³-hybridized carbons (Fsp3) is 0.600. The summed E-state index contributed by atoms with van der Waals surface area (Å²) in [6, 6.07) is 7.25. The van der Waals surface area contributed by atoms with Gasteiger partial charge in [-0.25, -0.2) is 4.39 Å². The van der Waals surface area contributed by atoms with Gasteiger partial charge in [-0.05, 0) is 42.4 Å². The minimum absolute atomic E-state index is 0.157. The van der Waals surface area contributed by atoms with Crippen LogP contribution in [0.5, 0.6) is 0 Å². The molecule has 1 aliphatic heterocycles. The fourth-order valence-corrected chi connectivity index (χ4v) is 3.59. The summed E-state index contributed by atoms with van der Waals surface area (Å²) in [6.45, 7) is 3.21. The molecule has 1 saturated heterocycles. The standard InChI is InChI=1S/C15H21FN2/c16-13-6-4-11(5-7-13)8-18-9-12-2-1-3-15(17)14(12)10-18/h4-7,12,14-15H,1-3,8-10,17H2. The normalized spacial score (nSPS) is 32.4. The van der Waals surface area contributed by atoms with Gasteiger partial charge in [0, 0.05) is 25.7 Å². The topological polar surface area (TPSA) is 29.3 Å². The van der Waals surface area contributed by atoms with Crippen LogP contribution < -0.4 is 5.73 Å². The summed E-state index contributed by atoms with van der Waals surface area (Å²) in [4.78, 5) is 2.48. The molecule has 1 aliphatic carbocycles. The molecular formula is C15H21FN2. The van der Waals surface area contributed by atoms with Crippen LogP contribution in [0.1, 0.15) is 24.8 Å². The highest BCUT2D eigenvalue weighted by Gasteiger charge is 2.38. The predicted molar refractivity (Wildman–Crippen MR) is 70.5 cm³/mol. The van der Waals surface area contributed by atoms with Crippen molar-refractivity contribution >= 4 is 0 Å². The third-order valence-corrected chi connectivity index (χ3v) is 4.55. The van der Waals surface area contributed by atoms with E-state index in [9.17, 15) is 4.39 Å². The molecule has 98 valence electrons. The smallest absolute Gasteiger partial charge is 0.123 e. The first-order valence-electron chi connectivity index (χ1n) is 6.95. The predicted octanol–water partition coefficient (Wildman–Crippen LogP) is 2.38. The number of rotatable bonds is 2. The van der Waals surface area contributed by atoms with Crippen molar-refractivity contribution < 1.29 is 4.39 Å². The first-order chi connectivity index (χ1) is 8.72. The maximum absolute atomic E-state index is 12.9. The molecule has 2 fully saturated rings. The summed E-state index contributed by atoms with van der Waals surface area (Å²) in [7, 11) is 0. The molecule has 2 N–H and O–H groups in total. The van der Waals surface area contributed by atoms with E-state index in [0.29, 0.717) is 12.0 Å². The molecule has 18 heavy (non-hydrogen) atoms. The van der Waals surface area contributed by atoms with Crippen LogP contribution in [0, 0.1) is 17.7 Å². The van der Waals surface area contributed by atoms with E-state index in [-0.39, 0.29) is 5.82 Å². The Morgan fingerprint density at radius 1 is 1.17 bits per heavy atom. The van der Waals surface area contributed by atoms with Crippen LogP contribution in [0.2, 0.25) is 0 Å². The van der Waals surface area contributed by atoms with E-state index in [4.69, 9.17) is 5.73 Å². The maximum Gasteiger partial charge on any atom is 0.123 e. The zero-order valence-electron chi connectivity index (χ0n) is 10.7. The van der Waals surface area contributed by atoms with Gasteiger partial charge < -0.3 is 5.73 Å². The molecule has 0 bridgehead atoms. The number of fused-ring (bicyclic) bond motifs is 1. The van der Waals surface area contributed by atoms with Gasteiger partial charge in [-0.15, -0.1) is 0 Å². The lowest BCUT2D eigenvalue weighted by molar-refractivity contribution is 0.259. The van der Waals surface area contributed by atoms with Gasteiger partial charge >= 0.3 is 0 Å². The van der Waals surface area contributed by atoms with Gasteiger partial charge in [-0.1, -0.05) is 18.6 Å². The Morgan fingerprint density at radius 2 is 1.94 bits per heavy atom. The van der Waals surface area contributed by atoms with Crippen LogP contribution in [-0.4, -0.2) is 24.0 Å². The zero-order chi connectivity index (χ0) is 12.5. The Kier molecular flexibility index (Phi) is 3.35. The van der Waals surface area contributed by atoms with Gasteiger partial charge in [0.1, 0.15) is 5.82 Å². The molecule has 0 amide bonds. The van der Waals surface area contributed by atoms with Crippen molar-refractivity contribution in [2.24, 2.45) is 17.6 Å². The van der Waals surface area contributed by atoms with Gasteiger partial charge in [-0.3, -0.25) is 4.90 Å². The molecular weight excluding hydrogens is 227 g/mol. The lowest BCUT2D eigenvalue weighted by Crippen LogP contribution is -2.38. The van der Waals surface area contributed by atoms with Crippen LogP contribution in [0.4, 0.5) is 4.39 Å². The second-order valence-corrected chi connectivity index (χ2v) is 5.84. The van der Waals surface area contributed by atoms with E-state index in [0.717, 1.165) is 25.6 Å². The minimum Gasteiger partial charge on any atom is -0.327 e. The molecule has 0 aromatic heterocycles. The third kappa shape index (κ3) is 2.43. The van der Waals surface area contributed by atoms with Crippen molar-refractivity contribution in [1.82, 2.24) is 4.90 Å². The van der Waals surface area contributed by atoms with Crippen molar-refractivity contribution in [2.45, 2.75) is 31.8 Å². The number of hydrogen-bond donors (Lipinski definition) is 1. The number of nitrogens with zero attached hydrogens (tertiary/aromatic N) is 1. The molecule has 3 rings (SSSR count). The lowest BCUT2D eigenvalue weighted by Gasteiger charge is -2.29. The van der Waals surface area contributed by atoms with Crippen LogP contribution in [0.15, 0.2) is 24.3 Å². The van der Waals surface area contributed by atoms with Crippen LogP contribution in [0.3, 0.4) is 0 Å². The number of hydrogen-bond acceptors (Lipinski definition) is 2. The van der Waals surface area contributed by atoms with Crippen LogP contribution >= 0.6 is 0 Å². The summed E-state index contributed by atoms with van der Waals surface area (Å²) in [5.74, 6) is 1.31. The van der Waals surface area contributed by atoms with Crippen molar-refractivity contribution in [3.63, 3.8) is 0 Å². The second-order valence-electron chi connectivity index (χ2n) is 5.84. The Labute approximate surface area is 108 Å². The largest absolute Gasteiger partial charge is 0.327 e. The number of halogens is 1. The molecule has 3 atom stereocenters. The number of nitrogens with two attached hydrogens (primary N) is 1. The second kappa shape index (κ2) is 4.98. The fourth-order valence-electron chi connectivity index (χ4n) is 3.59. The Morgan fingerprint density at radius 3 is 2.67 bits per heavy atom. The molecule has 1 aromatic carbocycles. The molecule has 2 aliphatic rings. The SMILES string of the molecule is NC1CCCC2CN(Cc3ccc(F)cc3)CC12. The van der Waals surface area contributed by atoms with E-state index in [1.807, 2.05) is 12.1 Å². The van der Waals surface area contributed by atoms with E-state index >= 15 is 0 Å². The van der Waals surface area contributed by atoms with E-state index in [1.54, 1.807) is 12.1 Å². The van der Waals surface area contributed by atoms with E-state index in [1.165, 1.54) is 24.8 Å². The number of benzene rings is 1. The van der Waals surface area contributed by atoms with Crippen LogP contribution in [0.25, 0.3) is 0 Å². The molecule has 0 spiro atoms. The number of likely N-dealkylation sites (tertiary alicyclic amines) is 1. The molecule has 1 heterocycles. The van der Waals surface area contributed by atoms with Gasteiger partial charge in [0.2, 0.25) is 0 Å². The Hall–Kier alpha value is -0.930. The minimum atomic E-state index is -0.157. The molecule has 1 aromatic rings. The van der Waals surface area contributed by atoms with Crippen LogP contribution in [-0.2, 0) is 6.54 Å². The average Bonchev–Trinajstić information content (AvgIpc) is 2.76. The molecule has 3 heteroatoms. The highest BCUT2D eigenvalue weighted by atomic mass is 19.1. The highest BCUT2D eigenvalue weighted by molar-refractivity contribution is 5.16. The molecule has 0 radical (unpaired) electrons. The zero-order valence-corrected chi connectivity index (χ0v) is 10.7. The summed E-state index contributed by atoms with van der Waals surface area (Å²) >= 11 is 0.